The third-order valence-corrected chi connectivity index (χ3v) is 3.50. The summed E-state index contributed by atoms with van der Waals surface area (Å²) in [6.07, 6.45) is 0.972. The van der Waals surface area contributed by atoms with Gasteiger partial charge in [-0.2, -0.15) is 0 Å². The van der Waals surface area contributed by atoms with Gasteiger partial charge in [0.05, 0.1) is 15.6 Å². The molecule has 0 aliphatic carbocycles. The van der Waals surface area contributed by atoms with Crippen LogP contribution in [-0.4, -0.2) is 11.5 Å². The van der Waals surface area contributed by atoms with Crippen LogP contribution in [-0.2, 0) is 6.54 Å². The predicted octanol–water partition coefficient (Wildman–Crippen LogP) is 4.66. The van der Waals surface area contributed by atoms with Gasteiger partial charge in [0.1, 0.15) is 0 Å². The van der Waals surface area contributed by atoms with E-state index in [1.54, 1.807) is 6.07 Å². The van der Waals surface area contributed by atoms with Gasteiger partial charge in [0, 0.05) is 25.2 Å². The van der Waals surface area contributed by atoms with Crippen LogP contribution in [0.3, 0.4) is 0 Å². The van der Waals surface area contributed by atoms with E-state index in [0.717, 1.165) is 25.2 Å². The van der Waals surface area contributed by atoms with Crippen LogP contribution in [0.25, 0.3) is 0 Å². The van der Waals surface area contributed by atoms with E-state index in [1.165, 1.54) is 17.7 Å². The molecule has 0 spiro atoms. The molecule has 2 aromatic carbocycles. The van der Waals surface area contributed by atoms with Crippen molar-refractivity contribution in [3.8, 4) is 0 Å². The number of anilines is 1. The molecule has 5 heteroatoms. The van der Waals surface area contributed by atoms with Crippen molar-refractivity contribution in [2.75, 3.05) is 11.4 Å². The van der Waals surface area contributed by atoms with E-state index < -0.39 is 4.92 Å². The van der Waals surface area contributed by atoms with E-state index in [2.05, 4.69) is 24.0 Å². The first kappa shape index (κ1) is 15.3. The summed E-state index contributed by atoms with van der Waals surface area (Å²) in [5, 5.41) is 11.2. The fourth-order valence-corrected chi connectivity index (χ4v) is 2.52. The molecule has 0 heterocycles. The predicted molar refractivity (Wildman–Crippen MR) is 85.9 cm³/mol. The van der Waals surface area contributed by atoms with Crippen molar-refractivity contribution in [3.63, 3.8) is 0 Å². The maximum atomic E-state index is 10.8. The molecule has 0 aliphatic heterocycles. The number of nitrogens with zero attached hydrogens (tertiary/aromatic N) is 2. The van der Waals surface area contributed by atoms with Gasteiger partial charge in [-0.3, -0.25) is 10.1 Å². The Morgan fingerprint density at radius 2 is 1.90 bits per heavy atom. The molecule has 0 radical (unpaired) electrons. The number of non-ortho nitro benzene ring substituents is 1. The Bertz CT molecular complexity index is 617. The molecule has 0 fully saturated rings. The van der Waals surface area contributed by atoms with Crippen molar-refractivity contribution in [3.05, 3.63) is 69.2 Å². The van der Waals surface area contributed by atoms with Crippen molar-refractivity contribution >= 4 is 23.0 Å². The molecule has 0 amide bonds. The van der Waals surface area contributed by atoms with Crippen molar-refractivity contribution in [1.82, 2.24) is 0 Å². The highest BCUT2D eigenvalue weighted by atomic mass is 35.5. The SMILES string of the molecule is CCCN(Cc1ccccc1)c1ccc([N+](=O)[O-])cc1Cl. The highest BCUT2D eigenvalue weighted by Gasteiger charge is 2.14. The Balaban J connectivity index is 2.27. The maximum absolute atomic E-state index is 10.8. The topological polar surface area (TPSA) is 46.4 Å². The van der Waals surface area contributed by atoms with Gasteiger partial charge in [0.15, 0.2) is 0 Å². The normalized spacial score (nSPS) is 10.4. The summed E-state index contributed by atoms with van der Waals surface area (Å²) in [6, 6.07) is 14.7. The minimum absolute atomic E-state index is 0.0138. The summed E-state index contributed by atoms with van der Waals surface area (Å²) in [6.45, 7) is 3.66. The second-order valence-corrected chi connectivity index (χ2v) is 5.21. The summed E-state index contributed by atoms with van der Waals surface area (Å²) in [5.41, 5.74) is 2.02. The molecule has 0 N–H and O–H groups in total. The Morgan fingerprint density at radius 3 is 2.48 bits per heavy atom. The monoisotopic (exact) mass is 304 g/mol. The molecular formula is C16H17ClN2O2. The molecule has 0 atom stereocenters. The van der Waals surface area contributed by atoms with E-state index in [-0.39, 0.29) is 5.69 Å². The van der Waals surface area contributed by atoms with Crippen molar-refractivity contribution in [2.45, 2.75) is 19.9 Å². The number of benzene rings is 2. The number of halogens is 1. The highest BCUT2D eigenvalue weighted by Crippen LogP contribution is 2.30. The van der Waals surface area contributed by atoms with Crippen LogP contribution in [0.4, 0.5) is 11.4 Å². The molecule has 0 aromatic heterocycles. The van der Waals surface area contributed by atoms with Crippen LogP contribution < -0.4 is 4.90 Å². The maximum Gasteiger partial charge on any atom is 0.271 e. The second-order valence-electron chi connectivity index (χ2n) is 4.80. The summed E-state index contributed by atoms with van der Waals surface area (Å²) in [4.78, 5) is 12.5. The van der Waals surface area contributed by atoms with Gasteiger partial charge < -0.3 is 4.90 Å². The van der Waals surface area contributed by atoms with Crippen LogP contribution >= 0.6 is 11.6 Å². The first-order valence-corrected chi connectivity index (χ1v) is 7.22. The van der Waals surface area contributed by atoms with E-state index in [0.29, 0.717) is 5.02 Å². The number of hydrogen-bond acceptors (Lipinski definition) is 3. The molecule has 2 aromatic rings. The summed E-state index contributed by atoms with van der Waals surface area (Å²) < 4.78 is 0. The third-order valence-electron chi connectivity index (χ3n) is 3.19. The Kier molecular flexibility index (Phi) is 5.17. The molecule has 0 unspecified atom stereocenters. The number of nitro groups is 1. The molecule has 0 saturated heterocycles. The van der Waals surface area contributed by atoms with Crippen LogP contribution in [0, 0.1) is 10.1 Å². The van der Waals surface area contributed by atoms with Gasteiger partial charge >= 0.3 is 0 Å². The standard InChI is InChI=1S/C16H17ClN2O2/c1-2-10-18(12-13-6-4-3-5-7-13)16-9-8-14(19(20)21)11-15(16)17/h3-9,11H,2,10,12H2,1H3. The molecular weight excluding hydrogens is 288 g/mol. The minimum atomic E-state index is -0.434. The molecule has 0 aliphatic rings. The number of nitro benzene ring substituents is 1. The summed E-state index contributed by atoms with van der Waals surface area (Å²) in [5.74, 6) is 0. The van der Waals surface area contributed by atoms with E-state index in [9.17, 15) is 10.1 Å². The number of hydrogen-bond donors (Lipinski definition) is 0. The van der Waals surface area contributed by atoms with E-state index in [4.69, 9.17) is 11.6 Å². The van der Waals surface area contributed by atoms with Crippen LogP contribution in [0.15, 0.2) is 48.5 Å². The van der Waals surface area contributed by atoms with Gasteiger partial charge in [-0.05, 0) is 18.1 Å². The van der Waals surface area contributed by atoms with Gasteiger partial charge in [-0.25, -0.2) is 0 Å². The zero-order chi connectivity index (χ0) is 15.2. The van der Waals surface area contributed by atoms with Gasteiger partial charge in [0.25, 0.3) is 5.69 Å². The lowest BCUT2D eigenvalue weighted by Crippen LogP contribution is -2.23. The lowest BCUT2D eigenvalue weighted by Gasteiger charge is -2.25. The van der Waals surface area contributed by atoms with Gasteiger partial charge in [-0.15, -0.1) is 0 Å². The van der Waals surface area contributed by atoms with Gasteiger partial charge in [-0.1, -0.05) is 48.9 Å². The first-order valence-electron chi connectivity index (χ1n) is 6.84. The third kappa shape index (κ3) is 3.95. The molecule has 21 heavy (non-hydrogen) atoms. The Morgan fingerprint density at radius 1 is 1.19 bits per heavy atom. The highest BCUT2D eigenvalue weighted by molar-refractivity contribution is 6.33. The van der Waals surface area contributed by atoms with E-state index >= 15 is 0 Å². The minimum Gasteiger partial charge on any atom is -0.366 e. The molecule has 0 saturated carbocycles. The molecule has 4 nitrogen and oxygen atoms in total. The average Bonchev–Trinajstić information content (AvgIpc) is 2.48. The first-order chi connectivity index (χ1) is 10.1. The molecule has 0 bridgehead atoms. The fourth-order valence-electron chi connectivity index (χ4n) is 2.22. The van der Waals surface area contributed by atoms with Crippen molar-refractivity contribution in [1.29, 1.82) is 0 Å². The Labute approximate surface area is 129 Å². The zero-order valence-electron chi connectivity index (χ0n) is 11.8. The lowest BCUT2D eigenvalue weighted by atomic mass is 10.2. The van der Waals surface area contributed by atoms with Gasteiger partial charge in [0.2, 0.25) is 0 Å². The quantitative estimate of drug-likeness (QED) is 0.575. The fraction of sp³-hybridized carbons (Fsp3) is 0.250. The molecule has 2 rings (SSSR count). The Hall–Kier alpha value is -2.07. The van der Waals surface area contributed by atoms with Crippen molar-refractivity contribution < 1.29 is 4.92 Å². The van der Waals surface area contributed by atoms with E-state index in [1.807, 2.05) is 18.2 Å². The second kappa shape index (κ2) is 7.09. The van der Waals surface area contributed by atoms with Crippen LogP contribution in [0.2, 0.25) is 5.02 Å². The summed E-state index contributed by atoms with van der Waals surface area (Å²) in [7, 11) is 0. The van der Waals surface area contributed by atoms with Crippen molar-refractivity contribution in [2.24, 2.45) is 0 Å². The van der Waals surface area contributed by atoms with Crippen LogP contribution in [0.5, 0.6) is 0 Å². The average molecular weight is 305 g/mol. The largest absolute Gasteiger partial charge is 0.366 e. The molecule has 110 valence electrons. The lowest BCUT2D eigenvalue weighted by molar-refractivity contribution is -0.384. The smallest absolute Gasteiger partial charge is 0.271 e. The van der Waals surface area contributed by atoms with Crippen LogP contribution in [0.1, 0.15) is 18.9 Å². The number of rotatable bonds is 6. The summed E-state index contributed by atoms with van der Waals surface area (Å²) >= 11 is 6.22. The zero-order valence-corrected chi connectivity index (χ0v) is 12.6.